The predicted octanol–water partition coefficient (Wildman–Crippen LogP) is 4.41. The molecule has 1 aromatic heterocycles. The van der Waals surface area contributed by atoms with Gasteiger partial charge in [0.05, 0.1) is 0 Å². The number of hydrogen-bond acceptors (Lipinski definition) is 4. The molecule has 0 radical (unpaired) electrons. The topological polar surface area (TPSA) is 49.4 Å². The second-order valence-electron chi connectivity index (χ2n) is 6.55. The van der Waals surface area contributed by atoms with Gasteiger partial charge in [-0.25, -0.2) is 0 Å². The number of nitrogens with zero attached hydrogens (tertiary/aromatic N) is 1. The molecule has 0 saturated carbocycles. The highest BCUT2D eigenvalue weighted by Gasteiger charge is 2.27. The summed E-state index contributed by atoms with van der Waals surface area (Å²) in [6.07, 6.45) is 1.46. The molecule has 2 heterocycles. The maximum absolute atomic E-state index is 12.5. The first-order valence-corrected chi connectivity index (χ1v) is 11.9. The number of rotatable bonds is 7. The van der Waals surface area contributed by atoms with E-state index in [2.05, 4.69) is 38.1 Å². The summed E-state index contributed by atoms with van der Waals surface area (Å²) in [5, 5.41) is 7.30. The standard InChI is InChI=1S/C20H23BrN2O2S2/c21-18-3-1-17(2-4-18)20(25)23-9-5-16(6-10-23)19(24)22-8-12-27-14-15-7-11-26-13-15/h1-4,7,11,13,16H,5-6,8-10,12,14H2,(H,22,24). The van der Waals surface area contributed by atoms with E-state index in [-0.39, 0.29) is 17.7 Å². The number of carbonyl (C=O) groups excluding carboxylic acids is 2. The highest BCUT2D eigenvalue weighted by molar-refractivity contribution is 9.10. The fraction of sp³-hybridized carbons (Fsp3) is 0.400. The van der Waals surface area contributed by atoms with Crippen LogP contribution in [0.3, 0.4) is 0 Å². The first-order valence-electron chi connectivity index (χ1n) is 9.05. The number of benzene rings is 1. The van der Waals surface area contributed by atoms with Gasteiger partial charge >= 0.3 is 0 Å². The Kier molecular flexibility index (Phi) is 7.79. The van der Waals surface area contributed by atoms with Gasteiger partial charge in [0, 0.05) is 47.1 Å². The smallest absolute Gasteiger partial charge is 0.253 e. The molecule has 2 aromatic rings. The fourth-order valence-electron chi connectivity index (χ4n) is 3.08. The minimum Gasteiger partial charge on any atom is -0.355 e. The molecule has 144 valence electrons. The summed E-state index contributed by atoms with van der Waals surface area (Å²) < 4.78 is 0.961. The van der Waals surface area contributed by atoms with Gasteiger partial charge in [0.2, 0.25) is 5.91 Å². The number of piperidine rings is 1. The number of amides is 2. The van der Waals surface area contributed by atoms with Crippen LogP contribution in [0.5, 0.6) is 0 Å². The molecule has 1 aromatic carbocycles. The van der Waals surface area contributed by atoms with Crippen molar-refractivity contribution in [3.8, 4) is 0 Å². The maximum atomic E-state index is 12.5. The minimum absolute atomic E-state index is 0.0147. The zero-order valence-electron chi connectivity index (χ0n) is 15.0. The van der Waals surface area contributed by atoms with Crippen molar-refractivity contribution >= 4 is 50.8 Å². The summed E-state index contributed by atoms with van der Waals surface area (Å²) >= 11 is 6.94. The molecule has 2 amide bonds. The van der Waals surface area contributed by atoms with Crippen LogP contribution in [0.15, 0.2) is 45.6 Å². The maximum Gasteiger partial charge on any atom is 0.253 e. The van der Waals surface area contributed by atoms with Gasteiger partial charge in [-0.05, 0) is 59.5 Å². The third kappa shape index (κ3) is 6.09. The van der Waals surface area contributed by atoms with E-state index in [0.717, 1.165) is 28.8 Å². The molecule has 1 saturated heterocycles. The van der Waals surface area contributed by atoms with Crippen LogP contribution in [0, 0.1) is 5.92 Å². The lowest BCUT2D eigenvalue weighted by Crippen LogP contribution is -2.43. The molecule has 0 atom stereocenters. The molecule has 1 fully saturated rings. The van der Waals surface area contributed by atoms with Crippen molar-refractivity contribution in [2.75, 3.05) is 25.4 Å². The molecule has 3 rings (SSSR count). The molecule has 7 heteroatoms. The molecule has 1 N–H and O–H groups in total. The molecular weight excluding hydrogens is 444 g/mol. The summed E-state index contributed by atoms with van der Waals surface area (Å²) in [5.74, 6) is 2.10. The van der Waals surface area contributed by atoms with E-state index >= 15 is 0 Å². The molecule has 0 bridgehead atoms. The largest absolute Gasteiger partial charge is 0.355 e. The van der Waals surface area contributed by atoms with Gasteiger partial charge in [0.15, 0.2) is 0 Å². The monoisotopic (exact) mass is 466 g/mol. The normalized spacial score (nSPS) is 14.9. The van der Waals surface area contributed by atoms with Crippen LogP contribution in [-0.2, 0) is 10.5 Å². The van der Waals surface area contributed by atoms with Crippen molar-refractivity contribution in [1.82, 2.24) is 10.2 Å². The highest BCUT2D eigenvalue weighted by atomic mass is 79.9. The van der Waals surface area contributed by atoms with E-state index in [0.29, 0.717) is 25.2 Å². The van der Waals surface area contributed by atoms with Crippen LogP contribution in [0.2, 0.25) is 0 Å². The summed E-state index contributed by atoms with van der Waals surface area (Å²) in [6.45, 7) is 1.98. The first kappa shape index (κ1) is 20.4. The minimum atomic E-state index is 0.0147. The Balaban J connectivity index is 1.35. The fourth-order valence-corrected chi connectivity index (χ4v) is 4.92. The summed E-state index contributed by atoms with van der Waals surface area (Å²) in [5.41, 5.74) is 2.04. The van der Waals surface area contributed by atoms with Gasteiger partial charge in [0.25, 0.3) is 5.91 Å². The molecule has 0 unspecified atom stereocenters. The molecule has 1 aliphatic rings. The Morgan fingerprint density at radius 3 is 2.59 bits per heavy atom. The summed E-state index contributed by atoms with van der Waals surface area (Å²) in [4.78, 5) is 26.7. The van der Waals surface area contributed by atoms with Gasteiger partial charge in [-0.2, -0.15) is 23.1 Å². The summed E-state index contributed by atoms with van der Waals surface area (Å²) in [6, 6.07) is 9.56. The predicted molar refractivity (Wildman–Crippen MR) is 116 cm³/mol. The van der Waals surface area contributed by atoms with Crippen LogP contribution in [-0.4, -0.2) is 42.1 Å². The van der Waals surface area contributed by atoms with Crippen molar-refractivity contribution < 1.29 is 9.59 Å². The number of nitrogens with one attached hydrogen (secondary N) is 1. The quantitative estimate of drug-likeness (QED) is 0.614. The highest BCUT2D eigenvalue weighted by Crippen LogP contribution is 2.20. The van der Waals surface area contributed by atoms with Crippen LogP contribution in [0.4, 0.5) is 0 Å². The number of thioether (sulfide) groups is 1. The second-order valence-corrected chi connectivity index (χ2v) is 9.35. The van der Waals surface area contributed by atoms with Crippen molar-refractivity contribution in [2.45, 2.75) is 18.6 Å². The van der Waals surface area contributed by atoms with E-state index in [9.17, 15) is 9.59 Å². The van der Waals surface area contributed by atoms with Crippen molar-refractivity contribution in [3.05, 3.63) is 56.7 Å². The van der Waals surface area contributed by atoms with Gasteiger partial charge < -0.3 is 10.2 Å². The summed E-state index contributed by atoms with van der Waals surface area (Å²) in [7, 11) is 0. The third-order valence-electron chi connectivity index (χ3n) is 4.64. The van der Waals surface area contributed by atoms with Gasteiger partial charge in [-0.15, -0.1) is 0 Å². The average Bonchev–Trinajstić information content (AvgIpc) is 3.21. The van der Waals surface area contributed by atoms with Crippen LogP contribution in [0.1, 0.15) is 28.8 Å². The number of likely N-dealkylation sites (tertiary alicyclic amines) is 1. The zero-order chi connectivity index (χ0) is 19.1. The van der Waals surface area contributed by atoms with Gasteiger partial charge in [-0.1, -0.05) is 15.9 Å². The van der Waals surface area contributed by atoms with E-state index in [4.69, 9.17) is 0 Å². The Bertz CT molecular complexity index is 742. The third-order valence-corrected chi connectivity index (χ3v) is 6.93. The first-order chi connectivity index (χ1) is 13.1. The second kappa shape index (κ2) is 10.3. The van der Waals surface area contributed by atoms with E-state index in [1.165, 1.54) is 5.56 Å². The van der Waals surface area contributed by atoms with Crippen LogP contribution < -0.4 is 5.32 Å². The van der Waals surface area contributed by atoms with Gasteiger partial charge in [-0.3, -0.25) is 9.59 Å². The molecule has 4 nitrogen and oxygen atoms in total. The molecule has 0 aliphatic carbocycles. The zero-order valence-corrected chi connectivity index (χ0v) is 18.2. The van der Waals surface area contributed by atoms with Crippen molar-refractivity contribution in [2.24, 2.45) is 5.92 Å². The molecule has 1 aliphatic heterocycles. The van der Waals surface area contributed by atoms with Gasteiger partial charge in [0.1, 0.15) is 0 Å². The number of thiophene rings is 1. The van der Waals surface area contributed by atoms with Crippen molar-refractivity contribution in [3.63, 3.8) is 0 Å². The number of hydrogen-bond donors (Lipinski definition) is 1. The van der Waals surface area contributed by atoms with Crippen LogP contribution >= 0.6 is 39.0 Å². The Morgan fingerprint density at radius 1 is 1.19 bits per heavy atom. The lowest BCUT2D eigenvalue weighted by molar-refractivity contribution is -0.126. The lowest BCUT2D eigenvalue weighted by Gasteiger charge is -2.31. The van der Waals surface area contributed by atoms with Crippen LogP contribution in [0.25, 0.3) is 0 Å². The Morgan fingerprint density at radius 2 is 1.93 bits per heavy atom. The Hall–Kier alpha value is -1.31. The number of halogens is 1. The van der Waals surface area contributed by atoms with Crippen molar-refractivity contribution in [1.29, 1.82) is 0 Å². The Labute approximate surface area is 176 Å². The average molecular weight is 467 g/mol. The van der Waals surface area contributed by atoms with E-state index in [1.54, 1.807) is 11.3 Å². The van der Waals surface area contributed by atoms with E-state index in [1.807, 2.05) is 40.9 Å². The number of carbonyl (C=O) groups is 2. The SMILES string of the molecule is O=C(NCCSCc1ccsc1)C1CCN(C(=O)c2ccc(Br)cc2)CC1. The lowest BCUT2D eigenvalue weighted by atomic mass is 9.95. The van der Waals surface area contributed by atoms with E-state index < -0.39 is 0 Å². The molecular formula is C20H23BrN2O2S2. The molecule has 0 spiro atoms. The molecule has 27 heavy (non-hydrogen) atoms.